The van der Waals surface area contributed by atoms with E-state index in [0.29, 0.717) is 12.2 Å². The fourth-order valence-corrected chi connectivity index (χ4v) is 3.95. The number of guanidine groups is 1. The smallest absolute Gasteiger partial charge is 0.191 e. The summed E-state index contributed by atoms with van der Waals surface area (Å²) in [5.74, 6) is 1.49. The Hall–Kier alpha value is -0.770. The molecule has 0 aliphatic carbocycles. The van der Waals surface area contributed by atoms with Crippen molar-refractivity contribution in [1.82, 2.24) is 4.90 Å². The molecule has 19 heavy (non-hydrogen) atoms. The molecule has 0 radical (unpaired) electrons. The minimum absolute atomic E-state index is 0.217. The Morgan fingerprint density at radius 2 is 2.26 bits per heavy atom. The first-order valence-corrected chi connectivity index (χ1v) is 7.77. The third-order valence-electron chi connectivity index (χ3n) is 5.16. The van der Waals surface area contributed by atoms with Gasteiger partial charge in [-0.25, -0.2) is 0 Å². The summed E-state index contributed by atoms with van der Waals surface area (Å²) in [6, 6.07) is 0. The molecule has 0 saturated carbocycles. The molecule has 108 valence electrons. The number of nitrogens with two attached hydrogens (primary N) is 1. The van der Waals surface area contributed by atoms with Gasteiger partial charge in [0.05, 0.1) is 18.8 Å². The lowest BCUT2D eigenvalue weighted by Gasteiger charge is -2.33. The van der Waals surface area contributed by atoms with E-state index in [-0.39, 0.29) is 5.41 Å². The summed E-state index contributed by atoms with van der Waals surface area (Å²) < 4.78 is 5.96. The third kappa shape index (κ3) is 2.60. The van der Waals surface area contributed by atoms with Crippen LogP contribution in [-0.2, 0) is 4.74 Å². The summed E-state index contributed by atoms with van der Waals surface area (Å²) in [4.78, 5) is 6.95. The summed E-state index contributed by atoms with van der Waals surface area (Å²) in [5, 5.41) is 0. The Kier molecular flexibility index (Phi) is 3.46. The van der Waals surface area contributed by atoms with Gasteiger partial charge in [0.2, 0.25) is 0 Å². The van der Waals surface area contributed by atoms with Crippen LogP contribution in [0.5, 0.6) is 0 Å². The molecule has 3 aliphatic heterocycles. The predicted molar refractivity (Wildman–Crippen MR) is 77.1 cm³/mol. The van der Waals surface area contributed by atoms with E-state index in [2.05, 4.69) is 18.7 Å². The quantitative estimate of drug-likeness (QED) is 0.613. The lowest BCUT2D eigenvalue weighted by atomic mass is 9.76. The Morgan fingerprint density at radius 3 is 2.89 bits per heavy atom. The van der Waals surface area contributed by atoms with Gasteiger partial charge in [-0.15, -0.1) is 0 Å². The third-order valence-corrected chi connectivity index (χ3v) is 5.16. The summed E-state index contributed by atoms with van der Waals surface area (Å²) in [6.07, 6.45) is 7.06. The molecular formula is C15H27N3O. The van der Waals surface area contributed by atoms with Crippen molar-refractivity contribution in [3.05, 3.63) is 0 Å². The topological polar surface area (TPSA) is 50.8 Å². The maximum Gasteiger partial charge on any atom is 0.191 e. The van der Waals surface area contributed by atoms with Crippen molar-refractivity contribution >= 4 is 5.96 Å². The minimum Gasteiger partial charge on any atom is -0.374 e. The maximum atomic E-state index is 6.18. The molecule has 4 unspecified atom stereocenters. The van der Waals surface area contributed by atoms with E-state index in [1.807, 2.05) is 0 Å². The van der Waals surface area contributed by atoms with Gasteiger partial charge in [-0.2, -0.15) is 0 Å². The lowest BCUT2D eigenvalue weighted by Crippen LogP contribution is -2.44. The zero-order chi connectivity index (χ0) is 13.5. The Labute approximate surface area is 116 Å². The molecule has 0 aromatic heterocycles. The molecule has 0 amide bonds. The second kappa shape index (κ2) is 4.97. The lowest BCUT2D eigenvalue weighted by molar-refractivity contribution is 0.0705. The van der Waals surface area contributed by atoms with E-state index >= 15 is 0 Å². The number of piperidine rings is 1. The molecule has 3 rings (SSSR count). The number of ether oxygens (including phenoxy) is 1. The van der Waals surface area contributed by atoms with Crippen molar-refractivity contribution in [2.75, 3.05) is 19.6 Å². The standard InChI is InChI=1S/C15H27N3O/c1-11-4-3-7-18(9-11)14(16)17-10-15(2)8-12-5-6-13(15)19-12/h11-13H,3-10H2,1-2H3,(H2,16,17). The molecule has 0 spiro atoms. The fraction of sp³-hybridized carbons (Fsp3) is 0.933. The fourth-order valence-electron chi connectivity index (χ4n) is 3.95. The van der Waals surface area contributed by atoms with Gasteiger partial charge in [-0.05, 0) is 38.0 Å². The van der Waals surface area contributed by atoms with Gasteiger partial charge < -0.3 is 15.4 Å². The van der Waals surface area contributed by atoms with Gasteiger partial charge in [-0.1, -0.05) is 13.8 Å². The highest BCUT2D eigenvalue weighted by molar-refractivity contribution is 5.78. The Bertz CT molecular complexity index is 370. The van der Waals surface area contributed by atoms with Crippen molar-refractivity contribution < 1.29 is 4.74 Å². The van der Waals surface area contributed by atoms with Crippen LogP contribution < -0.4 is 5.73 Å². The molecule has 3 heterocycles. The zero-order valence-corrected chi connectivity index (χ0v) is 12.3. The summed E-state index contributed by atoms with van der Waals surface area (Å²) >= 11 is 0. The van der Waals surface area contributed by atoms with Crippen LogP contribution in [0.15, 0.2) is 4.99 Å². The van der Waals surface area contributed by atoms with Crippen LogP contribution in [0.3, 0.4) is 0 Å². The van der Waals surface area contributed by atoms with E-state index in [0.717, 1.165) is 37.9 Å². The molecule has 2 N–H and O–H groups in total. The predicted octanol–water partition coefficient (Wildman–Crippen LogP) is 1.99. The first-order chi connectivity index (χ1) is 9.07. The van der Waals surface area contributed by atoms with Gasteiger partial charge in [0, 0.05) is 18.5 Å². The van der Waals surface area contributed by atoms with Crippen molar-refractivity contribution in [3.8, 4) is 0 Å². The van der Waals surface area contributed by atoms with E-state index < -0.39 is 0 Å². The van der Waals surface area contributed by atoms with Gasteiger partial charge in [0.1, 0.15) is 0 Å². The van der Waals surface area contributed by atoms with Gasteiger partial charge in [0.15, 0.2) is 5.96 Å². The average Bonchev–Trinajstić information content (AvgIpc) is 2.96. The summed E-state index contributed by atoms with van der Waals surface area (Å²) in [6.45, 7) is 7.56. The monoisotopic (exact) mass is 265 g/mol. The number of hydrogen-bond acceptors (Lipinski definition) is 2. The van der Waals surface area contributed by atoms with Crippen LogP contribution in [0, 0.1) is 11.3 Å². The largest absolute Gasteiger partial charge is 0.374 e. The Morgan fingerprint density at radius 1 is 1.42 bits per heavy atom. The molecule has 0 aromatic rings. The van der Waals surface area contributed by atoms with Crippen molar-refractivity contribution in [1.29, 1.82) is 0 Å². The van der Waals surface area contributed by atoms with E-state index in [1.165, 1.54) is 25.7 Å². The number of fused-ring (bicyclic) bond motifs is 2. The molecule has 4 atom stereocenters. The molecule has 4 heteroatoms. The molecular weight excluding hydrogens is 238 g/mol. The van der Waals surface area contributed by atoms with E-state index in [4.69, 9.17) is 15.5 Å². The van der Waals surface area contributed by atoms with Gasteiger partial charge >= 0.3 is 0 Å². The van der Waals surface area contributed by atoms with Crippen LogP contribution in [0.2, 0.25) is 0 Å². The second-order valence-electron chi connectivity index (χ2n) is 7.05. The molecule has 2 bridgehead atoms. The SMILES string of the molecule is CC1CCCN(C(N)=NCC2(C)CC3CCC2O3)C1. The summed E-state index contributed by atoms with van der Waals surface area (Å²) in [5.41, 5.74) is 6.40. The van der Waals surface area contributed by atoms with Crippen molar-refractivity contribution in [2.45, 2.75) is 58.2 Å². The van der Waals surface area contributed by atoms with Crippen LogP contribution in [-0.4, -0.2) is 42.7 Å². The highest BCUT2D eigenvalue weighted by atomic mass is 16.5. The number of aliphatic imine (C=N–C) groups is 1. The number of hydrogen-bond donors (Lipinski definition) is 1. The molecule has 0 aromatic carbocycles. The first kappa shape index (κ1) is 13.2. The van der Waals surface area contributed by atoms with Crippen molar-refractivity contribution in [2.24, 2.45) is 22.1 Å². The first-order valence-electron chi connectivity index (χ1n) is 7.77. The number of likely N-dealkylation sites (tertiary alicyclic amines) is 1. The number of rotatable bonds is 2. The van der Waals surface area contributed by atoms with Gasteiger partial charge in [-0.3, -0.25) is 4.99 Å². The minimum atomic E-state index is 0.217. The highest BCUT2D eigenvalue weighted by Crippen LogP contribution is 2.47. The van der Waals surface area contributed by atoms with Gasteiger partial charge in [0.25, 0.3) is 0 Å². The Balaban J connectivity index is 1.59. The van der Waals surface area contributed by atoms with Crippen LogP contribution in [0.25, 0.3) is 0 Å². The number of nitrogens with zero attached hydrogens (tertiary/aromatic N) is 2. The van der Waals surface area contributed by atoms with E-state index in [9.17, 15) is 0 Å². The highest BCUT2D eigenvalue weighted by Gasteiger charge is 2.49. The molecule has 4 nitrogen and oxygen atoms in total. The second-order valence-corrected chi connectivity index (χ2v) is 7.05. The molecule has 3 fully saturated rings. The summed E-state index contributed by atoms with van der Waals surface area (Å²) in [7, 11) is 0. The maximum absolute atomic E-state index is 6.18. The van der Waals surface area contributed by atoms with Crippen LogP contribution >= 0.6 is 0 Å². The zero-order valence-electron chi connectivity index (χ0n) is 12.3. The van der Waals surface area contributed by atoms with E-state index in [1.54, 1.807) is 0 Å². The van der Waals surface area contributed by atoms with Crippen LogP contribution in [0.1, 0.15) is 46.0 Å². The van der Waals surface area contributed by atoms with Crippen molar-refractivity contribution in [3.63, 3.8) is 0 Å². The average molecular weight is 265 g/mol. The normalized spacial score (nSPS) is 42.9. The molecule has 3 aliphatic rings. The van der Waals surface area contributed by atoms with Crippen LogP contribution in [0.4, 0.5) is 0 Å². The molecule has 3 saturated heterocycles.